The monoisotopic (exact) mass is 516 g/mol. The Kier molecular flexibility index (Phi) is 13.5. The van der Waals surface area contributed by atoms with Gasteiger partial charge in [-0.2, -0.15) is 0 Å². The molecule has 0 aliphatic heterocycles. The Bertz CT molecular complexity index is 943. The number of hydrogen-bond acceptors (Lipinski definition) is 5. The van der Waals surface area contributed by atoms with Gasteiger partial charge >= 0.3 is 94.7 Å². The second-order valence-electron chi connectivity index (χ2n) is 9.04. The van der Waals surface area contributed by atoms with E-state index in [1.165, 1.54) is 0 Å². The molecule has 3 rings (SSSR count). The van der Waals surface area contributed by atoms with Gasteiger partial charge in [-0.1, -0.05) is 44.9 Å². The minimum absolute atomic E-state index is 0.331. The third kappa shape index (κ3) is 9.81. The summed E-state index contributed by atoms with van der Waals surface area (Å²) in [7, 11) is -3.46. The van der Waals surface area contributed by atoms with Crippen molar-refractivity contribution in [1.82, 2.24) is 0 Å². The Morgan fingerprint density at radius 3 is 1.42 bits per heavy atom. The number of unbranched alkanes of at least 4 members (excludes halogenated alkanes) is 1. The Morgan fingerprint density at radius 2 is 1.14 bits per heavy atom. The van der Waals surface area contributed by atoms with Gasteiger partial charge in [0.2, 0.25) is 0 Å². The molecule has 6 nitrogen and oxygen atoms in total. The van der Waals surface area contributed by atoms with Crippen LogP contribution in [0, 0.1) is 5.41 Å². The maximum absolute atomic E-state index is 10.2. The normalized spacial score (nSPS) is 14.6. The third-order valence-electron chi connectivity index (χ3n) is 6.35. The van der Waals surface area contributed by atoms with Crippen LogP contribution in [0.4, 0.5) is 0 Å². The first kappa shape index (κ1) is 31.4. The number of carbonyl (C=O) groups is 1. The Hall–Kier alpha value is -2.60. The first-order valence-electron chi connectivity index (χ1n) is 12.2. The van der Waals surface area contributed by atoms with Crippen LogP contribution in [0.2, 0.25) is 0 Å². The van der Waals surface area contributed by atoms with Gasteiger partial charge in [-0.25, -0.2) is 4.79 Å². The van der Waals surface area contributed by atoms with Gasteiger partial charge in [-0.05, 0) is 32.4 Å². The van der Waals surface area contributed by atoms with Gasteiger partial charge in [0.1, 0.15) is 0 Å². The van der Waals surface area contributed by atoms with Crippen molar-refractivity contribution in [3.8, 4) is 0 Å². The number of benzene rings is 3. The predicted octanol–water partition coefficient (Wildman–Crippen LogP) is 4.53. The maximum atomic E-state index is 10.2. The summed E-state index contributed by atoms with van der Waals surface area (Å²) in [6.07, 6.45) is 2.17. The second kappa shape index (κ2) is 15.5. The van der Waals surface area contributed by atoms with E-state index < -0.39 is 25.9 Å². The van der Waals surface area contributed by atoms with E-state index in [9.17, 15) is 24.8 Å². The number of aliphatic hydroxyl groups excluding tert-OH is 2. The number of carboxylic acids is 1. The standard InChI is InChI=1S/C12H13O2P.C10H22O2.C7H6O2/c13-15(14,11-7-3-1-4-8-11)12-9-5-2-6-10-12;1-5-6-7-10(4,8(2)11)9(3)12;8-7(9)6-4-2-1-3-5-6/h1-10,13-15H;8-9,11-12H,5-7H2,1-4H3;1-5H,(H,8,9). The van der Waals surface area contributed by atoms with Gasteiger partial charge < -0.3 is 15.3 Å². The van der Waals surface area contributed by atoms with Crippen molar-refractivity contribution >= 4 is 24.3 Å². The zero-order valence-corrected chi connectivity index (χ0v) is 22.6. The Balaban J connectivity index is 0.000000280. The summed E-state index contributed by atoms with van der Waals surface area (Å²) in [6, 6.07) is 26.3. The van der Waals surface area contributed by atoms with E-state index in [4.69, 9.17) is 5.11 Å². The molecule has 0 fully saturated rings. The van der Waals surface area contributed by atoms with Crippen LogP contribution in [0.5, 0.6) is 0 Å². The molecule has 36 heavy (non-hydrogen) atoms. The molecule has 0 bridgehead atoms. The van der Waals surface area contributed by atoms with E-state index in [1.54, 1.807) is 68.4 Å². The molecule has 5 N–H and O–H groups in total. The van der Waals surface area contributed by atoms with E-state index in [0.717, 1.165) is 19.3 Å². The van der Waals surface area contributed by atoms with Crippen molar-refractivity contribution in [1.29, 1.82) is 0 Å². The van der Waals surface area contributed by atoms with Gasteiger partial charge in [0, 0.05) is 5.41 Å². The second-order valence-corrected chi connectivity index (χ2v) is 11.5. The van der Waals surface area contributed by atoms with Crippen LogP contribution in [-0.4, -0.2) is 43.3 Å². The average Bonchev–Trinajstić information content (AvgIpc) is 2.89. The van der Waals surface area contributed by atoms with Crippen LogP contribution < -0.4 is 10.6 Å². The fourth-order valence-corrected chi connectivity index (χ4v) is 5.06. The van der Waals surface area contributed by atoms with Gasteiger partial charge in [0.15, 0.2) is 0 Å². The van der Waals surface area contributed by atoms with Crippen LogP contribution in [0.15, 0.2) is 91.0 Å². The van der Waals surface area contributed by atoms with Crippen molar-refractivity contribution in [2.45, 2.75) is 59.2 Å². The topological polar surface area (TPSA) is 118 Å². The molecule has 0 aliphatic carbocycles. The predicted molar refractivity (Wildman–Crippen MR) is 149 cm³/mol. The molecular formula is C29H41O6P. The summed E-state index contributed by atoms with van der Waals surface area (Å²) in [6.45, 7) is 7.56. The zero-order chi connectivity index (χ0) is 27.2. The van der Waals surface area contributed by atoms with Crippen molar-refractivity contribution < 1.29 is 29.9 Å². The molecule has 7 heteroatoms. The number of aliphatic hydroxyl groups is 2. The molecule has 0 saturated carbocycles. The van der Waals surface area contributed by atoms with Gasteiger partial charge in [0.25, 0.3) is 0 Å². The molecule has 0 saturated heterocycles. The number of aromatic carboxylic acids is 1. The van der Waals surface area contributed by atoms with Gasteiger partial charge in [-0.3, -0.25) is 0 Å². The quantitative estimate of drug-likeness (QED) is 0.281. The van der Waals surface area contributed by atoms with E-state index in [-0.39, 0.29) is 5.41 Å². The summed E-state index contributed by atoms with van der Waals surface area (Å²) in [5.74, 6) is -0.879. The van der Waals surface area contributed by atoms with Crippen molar-refractivity contribution in [2.24, 2.45) is 5.41 Å². The minimum atomic E-state index is -3.46. The molecule has 0 aromatic heterocycles. The molecule has 3 aromatic rings. The summed E-state index contributed by atoms with van der Waals surface area (Å²) in [5, 5.41) is 28.6. The molecule has 2 unspecified atom stereocenters. The van der Waals surface area contributed by atoms with Crippen LogP contribution >= 0.6 is 7.72 Å². The third-order valence-corrected chi connectivity index (χ3v) is 8.63. The van der Waals surface area contributed by atoms with Crippen molar-refractivity contribution in [2.75, 3.05) is 0 Å². The molecule has 0 amide bonds. The fourth-order valence-electron chi connectivity index (χ4n) is 3.41. The van der Waals surface area contributed by atoms with E-state index in [1.807, 2.05) is 43.3 Å². The Morgan fingerprint density at radius 1 is 0.778 bits per heavy atom. The zero-order valence-electron chi connectivity index (χ0n) is 21.6. The molecule has 0 radical (unpaired) electrons. The summed E-state index contributed by atoms with van der Waals surface area (Å²) in [4.78, 5) is 30.5. The molecule has 0 aliphatic rings. The number of rotatable bonds is 8. The number of hydrogen-bond donors (Lipinski definition) is 5. The van der Waals surface area contributed by atoms with E-state index >= 15 is 0 Å². The van der Waals surface area contributed by atoms with E-state index in [0.29, 0.717) is 16.2 Å². The summed E-state index contributed by atoms with van der Waals surface area (Å²) < 4.78 is 0. The molecule has 0 spiro atoms. The Labute approximate surface area is 215 Å². The van der Waals surface area contributed by atoms with Crippen LogP contribution in [-0.2, 0) is 0 Å². The summed E-state index contributed by atoms with van der Waals surface area (Å²) in [5.41, 5.74) is -0.00627. The van der Waals surface area contributed by atoms with Crippen molar-refractivity contribution in [3.05, 3.63) is 96.6 Å². The fraction of sp³-hybridized carbons (Fsp3) is 0.345. The molecule has 198 valence electrons. The first-order chi connectivity index (χ1) is 17.0. The molecule has 2 atom stereocenters. The first-order valence-corrected chi connectivity index (χ1v) is 14.1. The average molecular weight is 517 g/mol. The summed E-state index contributed by atoms with van der Waals surface area (Å²) >= 11 is 0. The van der Waals surface area contributed by atoms with Gasteiger partial charge in [0.05, 0.1) is 17.8 Å². The molecular weight excluding hydrogens is 475 g/mol. The molecule has 3 aromatic carbocycles. The van der Waals surface area contributed by atoms with Crippen LogP contribution in [0.1, 0.15) is 57.3 Å². The number of carboxylic acid groups (broad SMARTS) is 1. The van der Waals surface area contributed by atoms with Crippen molar-refractivity contribution in [3.63, 3.8) is 0 Å². The van der Waals surface area contributed by atoms with Gasteiger partial charge in [-0.15, -0.1) is 0 Å². The SMILES string of the molecule is CCCCC(C)(C(C)O)C(C)O.O=C(O)c1ccccc1.O[PH](O)(c1ccccc1)c1ccccc1. The van der Waals surface area contributed by atoms with E-state index in [2.05, 4.69) is 6.92 Å². The molecule has 0 heterocycles. The van der Waals surface area contributed by atoms with Crippen LogP contribution in [0.25, 0.3) is 0 Å². The van der Waals surface area contributed by atoms with Crippen LogP contribution in [0.3, 0.4) is 0 Å².